The molecule has 0 aromatic rings. The Kier molecular flexibility index (Phi) is 5.12. The van der Waals surface area contributed by atoms with Gasteiger partial charge < -0.3 is 5.32 Å². The van der Waals surface area contributed by atoms with Gasteiger partial charge in [-0.3, -0.25) is 14.5 Å². The molecule has 4 nitrogen and oxygen atoms in total. The molecule has 98 valence electrons. The number of hydrogen-bond donors (Lipinski definition) is 1. The molecule has 1 N–H and O–H groups in total. The van der Waals surface area contributed by atoms with Crippen LogP contribution in [-0.2, 0) is 9.59 Å². The van der Waals surface area contributed by atoms with Gasteiger partial charge in [0.25, 0.3) is 0 Å². The molecule has 0 aromatic carbocycles. The number of nitrogens with one attached hydrogen (secondary N) is 1. The molecule has 0 radical (unpaired) electrons. The third-order valence-electron chi connectivity index (χ3n) is 3.50. The van der Waals surface area contributed by atoms with Crippen LogP contribution in [0.3, 0.4) is 0 Å². The van der Waals surface area contributed by atoms with Crippen LogP contribution < -0.4 is 5.32 Å². The second-order valence-corrected chi connectivity index (χ2v) is 5.05. The lowest BCUT2D eigenvalue weighted by atomic mass is 10.00. The van der Waals surface area contributed by atoms with Crippen molar-refractivity contribution in [3.8, 4) is 0 Å². The number of likely N-dealkylation sites (tertiary alicyclic amines) is 1. The smallest absolute Gasteiger partial charge is 0.246 e. The van der Waals surface area contributed by atoms with Gasteiger partial charge >= 0.3 is 0 Å². The van der Waals surface area contributed by atoms with Crippen molar-refractivity contribution in [1.82, 2.24) is 10.2 Å². The Balaban J connectivity index is 2.47. The molecule has 0 spiro atoms. The number of hydrogen-bond acceptors (Lipinski definition) is 3. The Hall–Kier alpha value is -0.900. The molecular weight excluding hydrogens is 216 g/mol. The Morgan fingerprint density at radius 2 is 2.00 bits per heavy atom. The molecule has 0 bridgehead atoms. The van der Waals surface area contributed by atoms with Gasteiger partial charge in [0.05, 0.1) is 12.5 Å². The van der Waals surface area contributed by atoms with Crippen LogP contribution in [0.15, 0.2) is 0 Å². The average Bonchev–Trinajstić information content (AvgIpc) is 2.53. The van der Waals surface area contributed by atoms with E-state index in [1.807, 2.05) is 6.92 Å². The SMILES string of the molecule is CCC(C)CC(C)NC1CC(=O)N(CC)C1=O. The standard InChI is InChI=1S/C13H24N2O2/c1-5-9(3)7-10(4)14-11-8-12(16)15(6-2)13(11)17/h9-11,14H,5-8H2,1-4H3. The monoisotopic (exact) mass is 240 g/mol. The third kappa shape index (κ3) is 3.53. The van der Waals surface area contributed by atoms with E-state index < -0.39 is 0 Å². The highest BCUT2D eigenvalue weighted by molar-refractivity contribution is 6.05. The fourth-order valence-corrected chi connectivity index (χ4v) is 2.33. The highest BCUT2D eigenvalue weighted by atomic mass is 16.2. The summed E-state index contributed by atoms with van der Waals surface area (Å²) >= 11 is 0. The highest BCUT2D eigenvalue weighted by Crippen LogP contribution is 2.15. The summed E-state index contributed by atoms with van der Waals surface area (Å²) in [6.45, 7) is 8.77. The quantitative estimate of drug-likeness (QED) is 0.717. The van der Waals surface area contributed by atoms with E-state index >= 15 is 0 Å². The van der Waals surface area contributed by atoms with Crippen molar-refractivity contribution >= 4 is 11.8 Å². The number of nitrogens with zero attached hydrogens (tertiary/aromatic N) is 1. The molecule has 0 aliphatic carbocycles. The lowest BCUT2D eigenvalue weighted by molar-refractivity contribution is -0.138. The van der Waals surface area contributed by atoms with Crippen LogP contribution in [0.4, 0.5) is 0 Å². The predicted molar refractivity (Wildman–Crippen MR) is 67.5 cm³/mol. The van der Waals surface area contributed by atoms with Gasteiger partial charge in [0, 0.05) is 12.6 Å². The van der Waals surface area contributed by atoms with E-state index in [9.17, 15) is 9.59 Å². The zero-order valence-electron chi connectivity index (χ0n) is 11.3. The maximum absolute atomic E-state index is 11.9. The van der Waals surface area contributed by atoms with E-state index in [0.717, 1.165) is 12.8 Å². The Morgan fingerprint density at radius 1 is 1.35 bits per heavy atom. The number of carbonyl (C=O) groups excluding carboxylic acids is 2. The van der Waals surface area contributed by atoms with Gasteiger partial charge in [-0.15, -0.1) is 0 Å². The Morgan fingerprint density at radius 3 is 2.47 bits per heavy atom. The molecule has 0 aromatic heterocycles. The number of likely N-dealkylation sites (N-methyl/N-ethyl adjacent to an activating group) is 1. The third-order valence-corrected chi connectivity index (χ3v) is 3.50. The van der Waals surface area contributed by atoms with E-state index in [1.165, 1.54) is 4.90 Å². The zero-order valence-corrected chi connectivity index (χ0v) is 11.3. The molecular formula is C13H24N2O2. The van der Waals surface area contributed by atoms with Gasteiger partial charge in [0.1, 0.15) is 0 Å². The lowest BCUT2D eigenvalue weighted by Crippen LogP contribution is -2.43. The summed E-state index contributed by atoms with van der Waals surface area (Å²) in [6.07, 6.45) is 2.50. The summed E-state index contributed by atoms with van der Waals surface area (Å²) in [7, 11) is 0. The molecule has 1 heterocycles. The fourth-order valence-electron chi connectivity index (χ4n) is 2.33. The molecule has 17 heavy (non-hydrogen) atoms. The van der Waals surface area contributed by atoms with Gasteiger partial charge in [-0.1, -0.05) is 20.3 Å². The number of rotatable bonds is 6. The van der Waals surface area contributed by atoms with Gasteiger partial charge in [-0.05, 0) is 26.2 Å². The number of amides is 2. The van der Waals surface area contributed by atoms with Crippen molar-refractivity contribution in [2.24, 2.45) is 5.92 Å². The maximum Gasteiger partial charge on any atom is 0.246 e. The maximum atomic E-state index is 11.9. The van der Waals surface area contributed by atoms with Crippen molar-refractivity contribution in [1.29, 1.82) is 0 Å². The van der Waals surface area contributed by atoms with Crippen molar-refractivity contribution in [3.63, 3.8) is 0 Å². The molecule has 1 rings (SSSR count). The summed E-state index contributed by atoms with van der Waals surface area (Å²) < 4.78 is 0. The Bertz CT molecular complexity index is 291. The van der Waals surface area contributed by atoms with Gasteiger partial charge in [-0.2, -0.15) is 0 Å². The predicted octanol–water partition coefficient (Wildman–Crippen LogP) is 1.55. The first-order valence-corrected chi connectivity index (χ1v) is 6.59. The molecule has 1 saturated heterocycles. The first kappa shape index (κ1) is 14.2. The minimum atomic E-state index is -0.304. The number of imide groups is 1. The summed E-state index contributed by atoms with van der Waals surface area (Å²) in [5.41, 5.74) is 0. The molecule has 4 heteroatoms. The van der Waals surface area contributed by atoms with Crippen LogP contribution in [0.2, 0.25) is 0 Å². The first-order valence-electron chi connectivity index (χ1n) is 6.59. The molecule has 3 atom stereocenters. The molecule has 3 unspecified atom stereocenters. The van der Waals surface area contributed by atoms with Gasteiger partial charge in [0.15, 0.2) is 0 Å². The molecule has 1 aliphatic rings. The molecule has 1 aliphatic heterocycles. The minimum absolute atomic E-state index is 0.0502. The molecule has 0 saturated carbocycles. The lowest BCUT2D eigenvalue weighted by Gasteiger charge is -2.20. The second kappa shape index (κ2) is 6.15. The van der Waals surface area contributed by atoms with Crippen molar-refractivity contribution in [3.05, 3.63) is 0 Å². The van der Waals surface area contributed by atoms with Crippen molar-refractivity contribution in [2.45, 2.75) is 59.0 Å². The topological polar surface area (TPSA) is 49.4 Å². The summed E-state index contributed by atoms with van der Waals surface area (Å²) in [4.78, 5) is 24.8. The highest BCUT2D eigenvalue weighted by Gasteiger charge is 2.37. The minimum Gasteiger partial charge on any atom is -0.303 e. The van der Waals surface area contributed by atoms with E-state index in [0.29, 0.717) is 18.9 Å². The number of carbonyl (C=O) groups is 2. The first-order chi connectivity index (χ1) is 7.99. The fraction of sp³-hybridized carbons (Fsp3) is 0.846. The van der Waals surface area contributed by atoms with Crippen LogP contribution in [-0.4, -0.2) is 35.3 Å². The zero-order chi connectivity index (χ0) is 13.0. The van der Waals surface area contributed by atoms with E-state index in [2.05, 4.69) is 26.1 Å². The van der Waals surface area contributed by atoms with Crippen molar-refractivity contribution in [2.75, 3.05) is 6.54 Å². The van der Waals surface area contributed by atoms with Gasteiger partial charge in [0.2, 0.25) is 11.8 Å². The largest absolute Gasteiger partial charge is 0.303 e. The molecule has 1 fully saturated rings. The van der Waals surface area contributed by atoms with Crippen LogP contribution in [0, 0.1) is 5.92 Å². The molecule has 2 amide bonds. The van der Waals surface area contributed by atoms with Crippen LogP contribution in [0.5, 0.6) is 0 Å². The normalized spacial score (nSPS) is 24.2. The van der Waals surface area contributed by atoms with Crippen LogP contribution in [0.25, 0.3) is 0 Å². The van der Waals surface area contributed by atoms with E-state index in [4.69, 9.17) is 0 Å². The summed E-state index contributed by atoms with van der Waals surface area (Å²) in [5, 5.41) is 3.28. The average molecular weight is 240 g/mol. The Labute approximate surface area is 104 Å². The van der Waals surface area contributed by atoms with Crippen LogP contribution in [0.1, 0.15) is 47.0 Å². The van der Waals surface area contributed by atoms with Gasteiger partial charge in [-0.25, -0.2) is 0 Å². The van der Waals surface area contributed by atoms with E-state index in [-0.39, 0.29) is 23.9 Å². The van der Waals surface area contributed by atoms with E-state index in [1.54, 1.807) is 0 Å². The van der Waals surface area contributed by atoms with Crippen LogP contribution >= 0.6 is 0 Å². The summed E-state index contributed by atoms with van der Waals surface area (Å²) in [6, 6.07) is -0.0231. The second-order valence-electron chi connectivity index (χ2n) is 5.05. The van der Waals surface area contributed by atoms with Crippen molar-refractivity contribution < 1.29 is 9.59 Å². The summed E-state index contributed by atoms with van der Waals surface area (Å²) in [5.74, 6) is 0.534.